The molecule has 0 aliphatic rings. The first-order valence-electron chi connectivity index (χ1n) is 9.03. The number of ether oxygens (including phenoxy) is 3. The van der Waals surface area contributed by atoms with Crippen LogP contribution in [0.15, 0.2) is 45.8 Å². The topological polar surface area (TPSA) is 75.0 Å². The van der Waals surface area contributed by atoms with Crippen molar-refractivity contribution in [2.75, 3.05) is 6.61 Å². The predicted molar refractivity (Wildman–Crippen MR) is 101 cm³/mol. The third-order valence-corrected chi connectivity index (χ3v) is 3.61. The highest BCUT2D eigenvalue weighted by Crippen LogP contribution is 2.15. The highest BCUT2D eigenvalue weighted by molar-refractivity contribution is 5.89. The summed E-state index contributed by atoms with van der Waals surface area (Å²) >= 11 is 0. The van der Waals surface area contributed by atoms with Crippen molar-refractivity contribution in [3.05, 3.63) is 58.1 Å². The van der Waals surface area contributed by atoms with Crippen molar-refractivity contribution < 1.29 is 23.4 Å². The number of rotatable bonds is 9. The maximum Gasteiger partial charge on any atom is 0.338 e. The quantitative estimate of drug-likeness (QED) is 0.612. The molecular weight excluding hydrogens is 348 g/mol. The molecule has 0 saturated heterocycles. The average molecular weight is 374 g/mol. The summed E-state index contributed by atoms with van der Waals surface area (Å²) in [6.07, 6.45) is 2.16. The van der Waals surface area contributed by atoms with E-state index in [-0.39, 0.29) is 29.6 Å². The van der Waals surface area contributed by atoms with Crippen LogP contribution in [0.1, 0.15) is 50.2 Å². The molecule has 1 aromatic carbocycles. The van der Waals surface area contributed by atoms with Crippen LogP contribution in [0.4, 0.5) is 0 Å². The van der Waals surface area contributed by atoms with Crippen molar-refractivity contribution in [1.82, 2.24) is 0 Å². The molecule has 2 rings (SSSR count). The van der Waals surface area contributed by atoms with Crippen LogP contribution in [-0.4, -0.2) is 18.7 Å². The molecule has 1 heterocycles. The van der Waals surface area contributed by atoms with Crippen molar-refractivity contribution in [2.24, 2.45) is 5.92 Å². The molecule has 6 nitrogen and oxygen atoms in total. The number of carbonyl (C=O) groups excluding carboxylic acids is 1. The first-order chi connectivity index (χ1) is 12.8. The Hall–Kier alpha value is -2.76. The fourth-order valence-electron chi connectivity index (χ4n) is 2.19. The zero-order chi connectivity index (χ0) is 19.8. The van der Waals surface area contributed by atoms with Crippen molar-refractivity contribution in [2.45, 2.75) is 46.8 Å². The Bertz CT molecular complexity index is 789. The summed E-state index contributed by atoms with van der Waals surface area (Å²) in [6, 6.07) is 7.95. The lowest BCUT2D eigenvalue weighted by atomic mass is 10.1. The summed E-state index contributed by atoms with van der Waals surface area (Å²) in [5, 5.41) is 0. The molecule has 0 N–H and O–H groups in total. The summed E-state index contributed by atoms with van der Waals surface area (Å²) in [5.41, 5.74) is 0.0911. The van der Waals surface area contributed by atoms with Gasteiger partial charge in [-0.25, -0.2) is 4.79 Å². The largest absolute Gasteiger partial charge is 0.491 e. The highest BCUT2D eigenvalue weighted by Gasteiger charge is 2.11. The van der Waals surface area contributed by atoms with Crippen LogP contribution < -0.4 is 14.9 Å². The van der Waals surface area contributed by atoms with Gasteiger partial charge in [-0.1, -0.05) is 13.8 Å². The van der Waals surface area contributed by atoms with Gasteiger partial charge < -0.3 is 18.6 Å². The van der Waals surface area contributed by atoms with Gasteiger partial charge in [-0.2, -0.15) is 0 Å². The molecule has 146 valence electrons. The minimum Gasteiger partial charge on any atom is -0.491 e. The first-order valence-corrected chi connectivity index (χ1v) is 9.03. The van der Waals surface area contributed by atoms with Gasteiger partial charge in [-0.15, -0.1) is 0 Å². The normalized spacial score (nSPS) is 10.9. The smallest absolute Gasteiger partial charge is 0.338 e. The monoisotopic (exact) mass is 374 g/mol. The number of benzene rings is 1. The van der Waals surface area contributed by atoms with E-state index in [4.69, 9.17) is 18.6 Å². The summed E-state index contributed by atoms with van der Waals surface area (Å²) in [4.78, 5) is 24.1. The Balaban J connectivity index is 1.89. The fraction of sp³-hybridized carbons (Fsp3) is 0.429. The van der Waals surface area contributed by atoms with Gasteiger partial charge in [0.25, 0.3) is 0 Å². The lowest BCUT2D eigenvalue weighted by Crippen LogP contribution is -2.11. The van der Waals surface area contributed by atoms with Gasteiger partial charge in [-0.3, -0.25) is 4.79 Å². The van der Waals surface area contributed by atoms with Crippen LogP contribution >= 0.6 is 0 Å². The molecule has 0 saturated carbocycles. The molecule has 0 amide bonds. The van der Waals surface area contributed by atoms with Crippen LogP contribution in [0.3, 0.4) is 0 Å². The molecule has 0 aliphatic carbocycles. The minimum atomic E-state index is -0.508. The maximum atomic E-state index is 12.1. The molecule has 0 radical (unpaired) electrons. The van der Waals surface area contributed by atoms with Gasteiger partial charge in [0.05, 0.1) is 18.3 Å². The molecule has 0 spiro atoms. The number of esters is 1. The van der Waals surface area contributed by atoms with Crippen molar-refractivity contribution in [3.8, 4) is 11.5 Å². The first kappa shape index (κ1) is 20.6. The van der Waals surface area contributed by atoms with Gasteiger partial charge in [0, 0.05) is 6.07 Å². The van der Waals surface area contributed by atoms with Gasteiger partial charge >= 0.3 is 5.97 Å². The maximum absolute atomic E-state index is 12.1. The van der Waals surface area contributed by atoms with Crippen molar-refractivity contribution in [3.63, 3.8) is 0 Å². The zero-order valence-corrected chi connectivity index (χ0v) is 16.2. The van der Waals surface area contributed by atoms with Crippen LogP contribution in [-0.2, 0) is 11.3 Å². The molecule has 0 fully saturated rings. The Morgan fingerprint density at radius 3 is 2.41 bits per heavy atom. The summed E-state index contributed by atoms with van der Waals surface area (Å²) in [6.45, 7) is 8.33. The van der Waals surface area contributed by atoms with Crippen molar-refractivity contribution in [1.29, 1.82) is 0 Å². The van der Waals surface area contributed by atoms with Crippen LogP contribution in [0.5, 0.6) is 11.5 Å². The summed E-state index contributed by atoms with van der Waals surface area (Å²) in [7, 11) is 0. The Morgan fingerprint density at radius 1 is 1.11 bits per heavy atom. The molecule has 0 atom stereocenters. The summed E-state index contributed by atoms with van der Waals surface area (Å²) < 4.78 is 21.5. The van der Waals surface area contributed by atoms with E-state index in [1.54, 1.807) is 24.3 Å². The van der Waals surface area contributed by atoms with E-state index in [1.165, 1.54) is 12.3 Å². The van der Waals surface area contributed by atoms with Gasteiger partial charge in [0.1, 0.15) is 24.4 Å². The SMILES string of the molecule is CC(C)CCOc1coc(COC(=O)c2ccc(OC(C)C)cc2)cc1=O. The predicted octanol–water partition coefficient (Wildman–Crippen LogP) is 4.21. The lowest BCUT2D eigenvalue weighted by molar-refractivity contribution is 0.0442. The van der Waals surface area contributed by atoms with Gasteiger partial charge in [0.2, 0.25) is 11.2 Å². The molecule has 2 aromatic rings. The second-order valence-electron chi connectivity index (χ2n) is 6.87. The zero-order valence-electron chi connectivity index (χ0n) is 16.2. The van der Waals surface area contributed by atoms with Gasteiger partial charge in [0.15, 0.2) is 0 Å². The van der Waals surface area contributed by atoms with Crippen molar-refractivity contribution >= 4 is 5.97 Å². The lowest BCUT2D eigenvalue weighted by Gasteiger charge is -2.10. The molecule has 0 unspecified atom stereocenters. The molecule has 27 heavy (non-hydrogen) atoms. The Kier molecular flexibility index (Phi) is 7.46. The molecule has 0 bridgehead atoms. The molecule has 6 heteroatoms. The van der Waals surface area contributed by atoms with E-state index in [9.17, 15) is 9.59 Å². The molecule has 0 aliphatic heterocycles. The van der Waals surface area contributed by atoms with E-state index < -0.39 is 5.97 Å². The van der Waals surface area contributed by atoms with Crippen LogP contribution in [0, 0.1) is 5.92 Å². The third-order valence-electron chi connectivity index (χ3n) is 3.61. The van der Waals surface area contributed by atoms with Crippen LogP contribution in [0.2, 0.25) is 0 Å². The standard InChI is InChI=1S/C21H26O6/c1-14(2)9-10-24-20-13-25-18(11-19(20)22)12-26-21(23)16-5-7-17(8-6-16)27-15(3)4/h5-8,11,13-15H,9-10,12H2,1-4H3. The van der Waals surface area contributed by atoms with E-state index >= 15 is 0 Å². The van der Waals surface area contributed by atoms with E-state index in [0.717, 1.165) is 6.42 Å². The third kappa shape index (κ3) is 6.81. The Morgan fingerprint density at radius 2 is 1.81 bits per heavy atom. The van der Waals surface area contributed by atoms with Crippen LogP contribution in [0.25, 0.3) is 0 Å². The second-order valence-corrected chi connectivity index (χ2v) is 6.87. The van der Waals surface area contributed by atoms with Gasteiger partial charge in [-0.05, 0) is 50.5 Å². The Labute approximate surface area is 159 Å². The molecule has 1 aromatic heterocycles. The van der Waals surface area contributed by atoms with E-state index in [1.807, 2.05) is 13.8 Å². The fourth-order valence-corrected chi connectivity index (χ4v) is 2.19. The van der Waals surface area contributed by atoms with E-state index in [2.05, 4.69) is 13.8 Å². The average Bonchev–Trinajstić information content (AvgIpc) is 2.61. The highest BCUT2D eigenvalue weighted by atomic mass is 16.5. The minimum absolute atomic E-state index is 0.0584. The number of hydrogen-bond acceptors (Lipinski definition) is 6. The number of carbonyl (C=O) groups is 1. The van der Waals surface area contributed by atoms with E-state index in [0.29, 0.717) is 23.8 Å². The summed E-state index contributed by atoms with van der Waals surface area (Å²) in [5.74, 6) is 1.07. The number of hydrogen-bond donors (Lipinski definition) is 0. The molecular formula is C21H26O6. The second kappa shape index (κ2) is 9.80.